The molecule has 5 nitrogen and oxygen atoms in total. The molecule has 2 N–H and O–H groups in total. The summed E-state index contributed by atoms with van der Waals surface area (Å²) < 4.78 is 5.04. The van der Waals surface area contributed by atoms with Crippen LogP contribution >= 0.6 is 11.3 Å². The van der Waals surface area contributed by atoms with Gasteiger partial charge < -0.3 is 15.2 Å². The topological polar surface area (TPSA) is 75.6 Å². The fourth-order valence-corrected chi connectivity index (χ4v) is 2.10. The van der Waals surface area contributed by atoms with Gasteiger partial charge in [0.05, 0.1) is 18.1 Å². The Balaban J connectivity index is 2.61. The van der Waals surface area contributed by atoms with Gasteiger partial charge in [-0.3, -0.25) is 4.79 Å². The number of carboxylic acids is 1. The largest absolute Gasteiger partial charge is 0.480 e. The SMILES string of the molecule is C=CCOCC(NC(=O)c1sccc1C)C(=O)O. The monoisotopic (exact) mass is 269 g/mol. The molecule has 6 heteroatoms. The molecular weight excluding hydrogens is 254 g/mol. The van der Waals surface area contributed by atoms with Crippen LogP contribution in [0.25, 0.3) is 0 Å². The third kappa shape index (κ3) is 3.97. The van der Waals surface area contributed by atoms with Crippen LogP contribution in [-0.2, 0) is 9.53 Å². The summed E-state index contributed by atoms with van der Waals surface area (Å²) in [5, 5.41) is 13.2. The lowest BCUT2D eigenvalue weighted by Crippen LogP contribution is -2.44. The van der Waals surface area contributed by atoms with Crippen LogP contribution in [0.2, 0.25) is 0 Å². The zero-order valence-electron chi connectivity index (χ0n) is 10.0. The van der Waals surface area contributed by atoms with Crippen LogP contribution < -0.4 is 5.32 Å². The summed E-state index contributed by atoms with van der Waals surface area (Å²) >= 11 is 1.28. The molecule has 0 aliphatic rings. The number of carbonyl (C=O) groups is 2. The molecule has 0 aromatic carbocycles. The number of carbonyl (C=O) groups excluding carboxylic acids is 1. The quantitative estimate of drug-likeness (QED) is 0.580. The van der Waals surface area contributed by atoms with Gasteiger partial charge in [0.25, 0.3) is 5.91 Å². The lowest BCUT2D eigenvalue weighted by molar-refractivity contribution is -0.140. The van der Waals surface area contributed by atoms with Crippen molar-refractivity contribution in [1.82, 2.24) is 5.32 Å². The van der Waals surface area contributed by atoms with Crippen molar-refractivity contribution in [2.45, 2.75) is 13.0 Å². The second-order valence-electron chi connectivity index (χ2n) is 3.62. The average molecular weight is 269 g/mol. The number of amides is 1. The number of aryl methyl sites for hydroxylation is 1. The van der Waals surface area contributed by atoms with E-state index in [1.54, 1.807) is 12.3 Å². The van der Waals surface area contributed by atoms with Crippen LogP contribution in [0.3, 0.4) is 0 Å². The summed E-state index contributed by atoms with van der Waals surface area (Å²) in [6.45, 7) is 5.42. The van der Waals surface area contributed by atoms with Gasteiger partial charge in [0.15, 0.2) is 6.04 Å². The third-order valence-corrected chi connectivity index (χ3v) is 3.21. The van der Waals surface area contributed by atoms with Crippen LogP contribution in [-0.4, -0.2) is 36.2 Å². The van der Waals surface area contributed by atoms with E-state index in [2.05, 4.69) is 11.9 Å². The Morgan fingerprint density at radius 1 is 1.67 bits per heavy atom. The van der Waals surface area contributed by atoms with Crippen molar-refractivity contribution in [3.05, 3.63) is 34.5 Å². The molecule has 1 atom stereocenters. The Hall–Kier alpha value is -1.66. The zero-order valence-corrected chi connectivity index (χ0v) is 10.8. The number of hydrogen-bond acceptors (Lipinski definition) is 4. The van der Waals surface area contributed by atoms with E-state index < -0.39 is 17.9 Å². The lowest BCUT2D eigenvalue weighted by atomic mass is 10.2. The van der Waals surface area contributed by atoms with Crippen LogP contribution in [0.15, 0.2) is 24.1 Å². The molecular formula is C12H15NO4S. The molecule has 0 aliphatic carbocycles. The highest BCUT2D eigenvalue weighted by atomic mass is 32.1. The first-order valence-electron chi connectivity index (χ1n) is 5.32. The molecule has 1 aromatic rings. The summed E-state index contributed by atoms with van der Waals surface area (Å²) in [6.07, 6.45) is 1.52. The van der Waals surface area contributed by atoms with Gasteiger partial charge in [0.1, 0.15) is 0 Å². The molecule has 0 aliphatic heterocycles. The maximum absolute atomic E-state index is 11.8. The van der Waals surface area contributed by atoms with Gasteiger partial charge in [-0.05, 0) is 23.9 Å². The number of rotatable bonds is 7. The number of thiophene rings is 1. The molecule has 1 amide bonds. The Morgan fingerprint density at radius 2 is 2.39 bits per heavy atom. The van der Waals surface area contributed by atoms with Crippen molar-refractivity contribution in [3.8, 4) is 0 Å². The molecule has 98 valence electrons. The van der Waals surface area contributed by atoms with E-state index in [0.29, 0.717) is 4.88 Å². The molecule has 0 fully saturated rings. The van der Waals surface area contributed by atoms with Gasteiger partial charge in [-0.2, -0.15) is 0 Å². The Kier molecular flexibility index (Phi) is 5.54. The first-order chi connectivity index (χ1) is 8.56. The number of ether oxygens (including phenoxy) is 1. The van der Waals surface area contributed by atoms with E-state index in [-0.39, 0.29) is 13.2 Å². The molecule has 0 saturated carbocycles. The fraction of sp³-hybridized carbons (Fsp3) is 0.333. The highest BCUT2D eigenvalue weighted by Crippen LogP contribution is 2.15. The molecule has 1 rings (SSSR count). The first-order valence-corrected chi connectivity index (χ1v) is 6.20. The van der Waals surface area contributed by atoms with E-state index >= 15 is 0 Å². The minimum absolute atomic E-state index is 0.0858. The van der Waals surface area contributed by atoms with Gasteiger partial charge in [0, 0.05) is 0 Å². The summed E-state index contributed by atoms with van der Waals surface area (Å²) in [4.78, 5) is 23.3. The van der Waals surface area contributed by atoms with Crippen LogP contribution in [0, 0.1) is 6.92 Å². The van der Waals surface area contributed by atoms with Gasteiger partial charge in [-0.25, -0.2) is 4.79 Å². The van der Waals surface area contributed by atoms with E-state index in [1.807, 2.05) is 6.07 Å². The van der Waals surface area contributed by atoms with Crippen molar-refractivity contribution in [1.29, 1.82) is 0 Å². The second-order valence-corrected chi connectivity index (χ2v) is 4.54. The van der Waals surface area contributed by atoms with E-state index in [4.69, 9.17) is 9.84 Å². The summed E-state index contributed by atoms with van der Waals surface area (Å²) in [7, 11) is 0. The Morgan fingerprint density at radius 3 is 2.89 bits per heavy atom. The first kappa shape index (κ1) is 14.4. The molecule has 0 spiro atoms. The van der Waals surface area contributed by atoms with Crippen LogP contribution in [0.4, 0.5) is 0 Å². The number of aliphatic carboxylic acids is 1. The van der Waals surface area contributed by atoms with Crippen molar-refractivity contribution in [2.24, 2.45) is 0 Å². The van der Waals surface area contributed by atoms with Crippen LogP contribution in [0.1, 0.15) is 15.2 Å². The van der Waals surface area contributed by atoms with Gasteiger partial charge >= 0.3 is 5.97 Å². The standard InChI is InChI=1S/C12H15NO4S/c1-3-5-17-7-9(12(15)16)13-11(14)10-8(2)4-6-18-10/h3-4,6,9H,1,5,7H2,2H3,(H,13,14)(H,15,16). The summed E-state index contributed by atoms with van der Waals surface area (Å²) in [5.74, 6) is -1.52. The molecule has 1 aromatic heterocycles. The number of hydrogen-bond donors (Lipinski definition) is 2. The third-order valence-electron chi connectivity index (χ3n) is 2.19. The highest BCUT2D eigenvalue weighted by molar-refractivity contribution is 7.12. The molecule has 0 saturated heterocycles. The maximum Gasteiger partial charge on any atom is 0.328 e. The van der Waals surface area contributed by atoms with E-state index in [0.717, 1.165) is 5.56 Å². The molecule has 0 radical (unpaired) electrons. The normalized spacial score (nSPS) is 11.8. The average Bonchev–Trinajstić information content (AvgIpc) is 2.74. The number of nitrogens with one attached hydrogen (secondary N) is 1. The van der Waals surface area contributed by atoms with Gasteiger partial charge in [-0.15, -0.1) is 17.9 Å². The molecule has 1 heterocycles. The lowest BCUT2D eigenvalue weighted by Gasteiger charge is -2.14. The predicted octanol–water partition coefficient (Wildman–Crippen LogP) is 1.44. The summed E-state index contributed by atoms with van der Waals surface area (Å²) in [5.41, 5.74) is 0.827. The fourth-order valence-electron chi connectivity index (χ4n) is 1.27. The zero-order chi connectivity index (χ0) is 13.5. The minimum atomic E-state index is -1.12. The maximum atomic E-state index is 11.8. The van der Waals surface area contributed by atoms with Crippen molar-refractivity contribution in [2.75, 3.05) is 13.2 Å². The van der Waals surface area contributed by atoms with Crippen molar-refractivity contribution < 1.29 is 19.4 Å². The van der Waals surface area contributed by atoms with Gasteiger partial charge in [0.2, 0.25) is 0 Å². The van der Waals surface area contributed by atoms with E-state index in [9.17, 15) is 9.59 Å². The van der Waals surface area contributed by atoms with Crippen molar-refractivity contribution in [3.63, 3.8) is 0 Å². The van der Waals surface area contributed by atoms with E-state index in [1.165, 1.54) is 17.4 Å². The van der Waals surface area contributed by atoms with Crippen LogP contribution in [0.5, 0.6) is 0 Å². The number of carboxylic acid groups (broad SMARTS) is 1. The highest BCUT2D eigenvalue weighted by Gasteiger charge is 2.22. The molecule has 1 unspecified atom stereocenters. The minimum Gasteiger partial charge on any atom is -0.480 e. The Labute approximate surface area is 109 Å². The summed E-state index contributed by atoms with van der Waals surface area (Å²) in [6, 6.07) is 0.753. The van der Waals surface area contributed by atoms with Gasteiger partial charge in [-0.1, -0.05) is 6.08 Å². The Bertz CT molecular complexity index is 441. The predicted molar refractivity (Wildman–Crippen MR) is 69.0 cm³/mol. The molecule has 0 bridgehead atoms. The smallest absolute Gasteiger partial charge is 0.328 e. The molecule has 18 heavy (non-hydrogen) atoms. The second kappa shape index (κ2) is 6.93. The van der Waals surface area contributed by atoms with Crippen molar-refractivity contribution >= 4 is 23.2 Å².